The highest BCUT2D eigenvalue weighted by Gasteiger charge is 2.21. The van der Waals surface area contributed by atoms with Gasteiger partial charge in [0.25, 0.3) is 0 Å². The minimum Gasteiger partial charge on any atom is -0.363 e. The summed E-state index contributed by atoms with van der Waals surface area (Å²) in [4.78, 5) is 9.81. The number of rotatable bonds is 4. The fraction of sp³-hybridized carbons (Fsp3) is 0.185. The highest BCUT2D eigenvalue weighted by molar-refractivity contribution is 6.42. The summed E-state index contributed by atoms with van der Waals surface area (Å²) in [5.41, 5.74) is 6.63. The molecule has 160 valence electrons. The molecular weight excluding hydrogens is 437 g/mol. The molecule has 1 heterocycles. The molecule has 5 heteroatoms. The molecular formula is C27H23Cl2N3. The smallest absolute Gasteiger partial charge is 0.162 e. The van der Waals surface area contributed by atoms with Crippen molar-refractivity contribution in [1.29, 1.82) is 0 Å². The van der Waals surface area contributed by atoms with Crippen LogP contribution in [0, 0.1) is 6.92 Å². The minimum atomic E-state index is 0.223. The Morgan fingerprint density at radius 1 is 0.875 bits per heavy atom. The Kier molecular flexibility index (Phi) is 5.86. The molecule has 0 radical (unpaired) electrons. The summed E-state index contributed by atoms with van der Waals surface area (Å²) in [6.45, 7) is 2.08. The molecule has 0 amide bonds. The molecule has 0 saturated heterocycles. The van der Waals surface area contributed by atoms with E-state index in [1.54, 1.807) is 6.07 Å². The average molecular weight is 460 g/mol. The number of halogens is 2. The van der Waals surface area contributed by atoms with Crippen molar-refractivity contribution >= 4 is 29.0 Å². The molecule has 1 aliphatic carbocycles. The van der Waals surface area contributed by atoms with Gasteiger partial charge >= 0.3 is 0 Å². The zero-order valence-corrected chi connectivity index (χ0v) is 19.3. The van der Waals surface area contributed by atoms with Gasteiger partial charge in [0, 0.05) is 17.2 Å². The van der Waals surface area contributed by atoms with Gasteiger partial charge in [0.15, 0.2) is 5.82 Å². The highest BCUT2D eigenvalue weighted by atomic mass is 35.5. The maximum absolute atomic E-state index is 6.31. The number of fused-ring (bicyclic) bond motifs is 1. The van der Waals surface area contributed by atoms with Crippen molar-refractivity contribution in [2.75, 3.05) is 5.32 Å². The van der Waals surface area contributed by atoms with E-state index >= 15 is 0 Å². The van der Waals surface area contributed by atoms with Crippen LogP contribution < -0.4 is 5.32 Å². The summed E-state index contributed by atoms with van der Waals surface area (Å²) < 4.78 is 0. The lowest BCUT2D eigenvalue weighted by Gasteiger charge is -2.27. The van der Waals surface area contributed by atoms with Crippen LogP contribution in [0.1, 0.15) is 35.6 Å². The molecule has 0 bridgehead atoms. The lowest BCUT2D eigenvalue weighted by atomic mass is 9.88. The molecule has 0 spiro atoms. The molecule has 3 aromatic carbocycles. The fourth-order valence-corrected chi connectivity index (χ4v) is 4.65. The van der Waals surface area contributed by atoms with E-state index in [0.717, 1.165) is 47.5 Å². The zero-order valence-electron chi connectivity index (χ0n) is 17.8. The van der Waals surface area contributed by atoms with Gasteiger partial charge in [0.1, 0.15) is 5.82 Å². The van der Waals surface area contributed by atoms with Crippen LogP contribution in [0.4, 0.5) is 5.82 Å². The van der Waals surface area contributed by atoms with Gasteiger partial charge in [0.05, 0.1) is 21.8 Å². The third kappa shape index (κ3) is 4.23. The van der Waals surface area contributed by atoms with Crippen LogP contribution in [0.3, 0.4) is 0 Å². The summed E-state index contributed by atoms with van der Waals surface area (Å²) in [7, 11) is 0. The Morgan fingerprint density at radius 3 is 2.53 bits per heavy atom. The Balaban J connectivity index is 1.60. The quantitative estimate of drug-likeness (QED) is 0.336. The van der Waals surface area contributed by atoms with Crippen molar-refractivity contribution in [3.63, 3.8) is 0 Å². The van der Waals surface area contributed by atoms with Crippen LogP contribution in [-0.2, 0) is 6.42 Å². The summed E-state index contributed by atoms with van der Waals surface area (Å²) in [6, 6.07) is 24.7. The largest absolute Gasteiger partial charge is 0.363 e. The van der Waals surface area contributed by atoms with Crippen molar-refractivity contribution < 1.29 is 0 Å². The molecule has 1 aromatic heterocycles. The first-order chi connectivity index (χ1) is 15.6. The lowest BCUT2D eigenvalue weighted by molar-refractivity contribution is 0.598. The van der Waals surface area contributed by atoms with E-state index in [2.05, 4.69) is 48.6 Å². The van der Waals surface area contributed by atoms with Gasteiger partial charge < -0.3 is 5.32 Å². The van der Waals surface area contributed by atoms with E-state index in [-0.39, 0.29) is 6.04 Å². The molecule has 1 N–H and O–H groups in total. The molecule has 32 heavy (non-hydrogen) atoms. The molecule has 1 aliphatic rings. The second kappa shape index (κ2) is 8.93. The first-order valence-corrected chi connectivity index (χ1v) is 11.6. The topological polar surface area (TPSA) is 37.8 Å². The number of aromatic nitrogens is 2. The number of hydrogen-bond donors (Lipinski definition) is 1. The molecule has 5 rings (SSSR count). The third-order valence-electron chi connectivity index (χ3n) is 6.02. The monoisotopic (exact) mass is 459 g/mol. The summed E-state index contributed by atoms with van der Waals surface area (Å²) in [5.74, 6) is 1.50. The minimum absolute atomic E-state index is 0.223. The maximum atomic E-state index is 6.31. The van der Waals surface area contributed by atoms with E-state index in [1.165, 1.54) is 11.1 Å². The molecule has 0 aliphatic heterocycles. The van der Waals surface area contributed by atoms with Crippen LogP contribution >= 0.6 is 23.2 Å². The molecule has 3 nitrogen and oxygen atoms in total. The Morgan fingerprint density at radius 2 is 1.69 bits per heavy atom. The van der Waals surface area contributed by atoms with Gasteiger partial charge in [-0.2, -0.15) is 0 Å². The zero-order chi connectivity index (χ0) is 22.1. The molecule has 1 atom stereocenters. The first kappa shape index (κ1) is 21.0. The second-order valence-corrected chi connectivity index (χ2v) is 9.01. The predicted molar refractivity (Wildman–Crippen MR) is 133 cm³/mol. The van der Waals surface area contributed by atoms with Crippen LogP contribution in [0.25, 0.3) is 22.6 Å². The van der Waals surface area contributed by atoms with E-state index in [4.69, 9.17) is 33.2 Å². The lowest BCUT2D eigenvalue weighted by Crippen LogP contribution is -2.18. The van der Waals surface area contributed by atoms with Crippen molar-refractivity contribution in [2.24, 2.45) is 0 Å². The van der Waals surface area contributed by atoms with Gasteiger partial charge in [-0.15, -0.1) is 0 Å². The predicted octanol–water partition coefficient (Wildman–Crippen LogP) is 7.92. The van der Waals surface area contributed by atoms with Crippen LogP contribution in [0.15, 0.2) is 72.8 Å². The van der Waals surface area contributed by atoms with E-state index in [1.807, 2.05) is 30.3 Å². The summed E-state index contributed by atoms with van der Waals surface area (Å²) in [5, 5.41) is 4.73. The Labute approximate surface area is 198 Å². The van der Waals surface area contributed by atoms with Crippen molar-refractivity contribution in [1.82, 2.24) is 9.97 Å². The van der Waals surface area contributed by atoms with E-state index in [9.17, 15) is 0 Å². The van der Waals surface area contributed by atoms with E-state index in [0.29, 0.717) is 15.9 Å². The van der Waals surface area contributed by atoms with Crippen LogP contribution in [0.2, 0.25) is 10.0 Å². The SMILES string of the molecule is Cc1ccccc1-c1nc(N[C@@H]2CCCc3ccccc32)cc(-c2ccc(Cl)c(Cl)c2)n1. The van der Waals surface area contributed by atoms with Gasteiger partial charge in [-0.3, -0.25) is 0 Å². The summed E-state index contributed by atoms with van der Waals surface area (Å²) >= 11 is 12.5. The van der Waals surface area contributed by atoms with Gasteiger partial charge in [-0.1, -0.05) is 77.8 Å². The fourth-order valence-electron chi connectivity index (χ4n) is 4.35. The van der Waals surface area contributed by atoms with Gasteiger partial charge in [-0.05, 0) is 55.0 Å². The molecule has 0 saturated carbocycles. The maximum Gasteiger partial charge on any atom is 0.162 e. The van der Waals surface area contributed by atoms with Crippen molar-refractivity contribution in [3.8, 4) is 22.6 Å². The average Bonchev–Trinajstić information content (AvgIpc) is 2.81. The molecule has 4 aromatic rings. The third-order valence-corrected chi connectivity index (χ3v) is 6.76. The number of anilines is 1. The second-order valence-electron chi connectivity index (χ2n) is 8.19. The highest BCUT2D eigenvalue weighted by Crippen LogP contribution is 2.34. The van der Waals surface area contributed by atoms with E-state index < -0.39 is 0 Å². The number of benzene rings is 3. The summed E-state index contributed by atoms with van der Waals surface area (Å²) in [6.07, 6.45) is 3.36. The van der Waals surface area contributed by atoms with Crippen LogP contribution in [0.5, 0.6) is 0 Å². The molecule has 0 fully saturated rings. The van der Waals surface area contributed by atoms with Crippen molar-refractivity contribution in [2.45, 2.75) is 32.2 Å². The normalized spacial score (nSPS) is 15.3. The number of hydrogen-bond acceptors (Lipinski definition) is 3. The standard InChI is InChI=1S/C27H23Cl2N3/c1-17-7-2-4-10-20(17)27-31-25(19-13-14-22(28)23(29)15-19)16-26(32-27)30-24-12-6-9-18-8-3-5-11-21(18)24/h2-5,7-8,10-11,13-16,24H,6,9,12H2,1H3,(H,30,31,32)/t24-/m1/s1. The van der Waals surface area contributed by atoms with Gasteiger partial charge in [0.2, 0.25) is 0 Å². The first-order valence-electron chi connectivity index (χ1n) is 10.8. The Hall–Kier alpha value is -2.88. The molecule has 0 unspecified atom stereocenters. The van der Waals surface area contributed by atoms with Crippen LogP contribution in [-0.4, -0.2) is 9.97 Å². The number of nitrogens with zero attached hydrogens (tertiary/aromatic N) is 2. The van der Waals surface area contributed by atoms with Crippen molar-refractivity contribution in [3.05, 3.63) is 99.5 Å². The van der Waals surface area contributed by atoms with Gasteiger partial charge in [-0.25, -0.2) is 9.97 Å². The number of aryl methyl sites for hydroxylation is 2. The Bertz CT molecular complexity index is 1290. The number of nitrogens with one attached hydrogen (secondary N) is 1.